The Balaban J connectivity index is 1.98. The number of carbonyl (C=O) groups excluding carboxylic acids is 2. The summed E-state index contributed by atoms with van der Waals surface area (Å²) in [6.07, 6.45) is 4.01. The number of nitrogens with zero attached hydrogens (tertiary/aromatic N) is 1. The normalized spacial score (nSPS) is 14.6. The molecule has 0 spiro atoms. The van der Waals surface area contributed by atoms with Gasteiger partial charge in [-0.15, -0.1) is 0 Å². The van der Waals surface area contributed by atoms with Crippen LogP contribution in [0.1, 0.15) is 39.2 Å². The van der Waals surface area contributed by atoms with Crippen molar-refractivity contribution < 1.29 is 19.1 Å². The number of hydrogen-bond donors (Lipinski definition) is 1. The summed E-state index contributed by atoms with van der Waals surface area (Å²) in [6, 6.07) is 8.53. The van der Waals surface area contributed by atoms with Crippen molar-refractivity contribution in [2.75, 3.05) is 0 Å². The molecule has 0 saturated carbocycles. The predicted octanol–water partition coefficient (Wildman–Crippen LogP) is 3.37. The van der Waals surface area contributed by atoms with Gasteiger partial charge >= 0.3 is 12.1 Å². The molecule has 0 fully saturated rings. The number of esters is 1. The molecule has 0 saturated heterocycles. The van der Waals surface area contributed by atoms with Crippen molar-refractivity contribution in [2.45, 2.75) is 51.9 Å². The van der Waals surface area contributed by atoms with E-state index in [1.54, 1.807) is 27.0 Å². The predicted molar refractivity (Wildman–Crippen MR) is 95.2 cm³/mol. The number of amides is 1. The minimum absolute atomic E-state index is 0.147. The van der Waals surface area contributed by atoms with E-state index in [0.717, 1.165) is 17.7 Å². The Morgan fingerprint density at radius 3 is 2.56 bits per heavy atom. The van der Waals surface area contributed by atoms with Gasteiger partial charge in [0.05, 0.1) is 0 Å². The topological polar surface area (TPSA) is 77.0 Å². The highest BCUT2D eigenvalue weighted by Crippen LogP contribution is 2.15. The number of benzene rings is 1. The summed E-state index contributed by atoms with van der Waals surface area (Å²) in [6.45, 7) is 5.44. The van der Waals surface area contributed by atoms with Crippen LogP contribution in [0.3, 0.4) is 0 Å². The Labute approximate surface area is 147 Å². The second kappa shape index (κ2) is 8.46. The van der Waals surface area contributed by atoms with Crippen LogP contribution in [0.4, 0.5) is 4.79 Å². The van der Waals surface area contributed by atoms with Gasteiger partial charge in [-0.1, -0.05) is 36.4 Å². The van der Waals surface area contributed by atoms with Gasteiger partial charge in [-0.25, -0.2) is 9.59 Å². The summed E-state index contributed by atoms with van der Waals surface area (Å²) in [5.41, 5.74) is 0.982. The second-order valence-electron chi connectivity index (χ2n) is 6.74. The van der Waals surface area contributed by atoms with Crippen molar-refractivity contribution in [3.63, 3.8) is 0 Å². The lowest BCUT2D eigenvalue weighted by molar-refractivity contribution is -0.147. The third-order valence-corrected chi connectivity index (χ3v) is 3.33. The van der Waals surface area contributed by atoms with Crippen molar-refractivity contribution in [1.82, 2.24) is 5.32 Å². The minimum Gasteiger partial charge on any atom is -0.459 e. The van der Waals surface area contributed by atoms with E-state index >= 15 is 0 Å². The monoisotopic (exact) mass is 344 g/mol. The highest BCUT2D eigenvalue weighted by molar-refractivity contribution is 5.82. The molecule has 0 unspecified atom stereocenters. The van der Waals surface area contributed by atoms with Gasteiger partial charge in [-0.3, -0.25) is 4.99 Å². The van der Waals surface area contributed by atoms with E-state index in [1.165, 1.54) is 0 Å². The molecule has 134 valence electrons. The molecular formula is C19H24N2O4. The molecular weight excluding hydrogens is 320 g/mol. The third kappa shape index (κ3) is 6.79. The lowest BCUT2D eigenvalue weighted by Gasteiger charge is -2.23. The Bertz CT molecular complexity index is 660. The van der Waals surface area contributed by atoms with E-state index in [0.29, 0.717) is 0 Å². The lowest BCUT2D eigenvalue weighted by atomic mass is 10.1. The van der Waals surface area contributed by atoms with E-state index in [9.17, 15) is 9.59 Å². The van der Waals surface area contributed by atoms with Crippen molar-refractivity contribution in [3.05, 3.63) is 47.7 Å². The van der Waals surface area contributed by atoms with Crippen molar-refractivity contribution in [3.8, 4) is 0 Å². The average Bonchev–Trinajstić information content (AvgIpc) is 3.04. The van der Waals surface area contributed by atoms with E-state index in [1.807, 2.05) is 36.4 Å². The van der Waals surface area contributed by atoms with Crippen LogP contribution in [-0.2, 0) is 20.9 Å². The molecule has 25 heavy (non-hydrogen) atoms. The van der Waals surface area contributed by atoms with Gasteiger partial charge < -0.3 is 14.8 Å². The first-order valence-electron chi connectivity index (χ1n) is 8.25. The summed E-state index contributed by atoms with van der Waals surface area (Å²) in [5, 5.41) is 2.59. The maximum Gasteiger partial charge on any atom is 0.408 e. The molecule has 1 N–H and O–H groups in total. The molecule has 6 nitrogen and oxygen atoms in total. The van der Waals surface area contributed by atoms with Gasteiger partial charge in [0.15, 0.2) is 0 Å². The summed E-state index contributed by atoms with van der Waals surface area (Å²) in [5.74, 6) is -0.516. The van der Waals surface area contributed by atoms with Crippen LogP contribution < -0.4 is 5.32 Å². The summed E-state index contributed by atoms with van der Waals surface area (Å²) in [7, 11) is 0. The smallest absolute Gasteiger partial charge is 0.408 e. The number of hydrogen-bond acceptors (Lipinski definition) is 5. The molecule has 2 rings (SSSR count). The first kappa shape index (κ1) is 18.7. The van der Waals surface area contributed by atoms with Crippen LogP contribution in [0.25, 0.3) is 0 Å². The Morgan fingerprint density at radius 2 is 1.96 bits per heavy atom. The Kier molecular flexibility index (Phi) is 6.33. The van der Waals surface area contributed by atoms with E-state index in [4.69, 9.17) is 9.47 Å². The van der Waals surface area contributed by atoms with E-state index in [2.05, 4.69) is 10.3 Å². The zero-order valence-electron chi connectivity index (χ0n) is 14.8. The van der Waals surface area contributed by atoms with Gasteiger partial charge in [0, 0.05) is 24.8 Å². The minimum atomic E-state index is -0.847. The number of rotatable bonds is 6. The Morgan fingerprint density at radius 1 is 1.24 bits per heavy atom. The highest BCUT2D eigenvalue weighted by Gasteiger charge is 2.27. The number of alkyl carbamates (subject to hydrolysis) is 1. The molecule has 0 aliphatic carbocycles. The SMILES string of the molecule is CC(C)(C)OC(=O)N[C@H](CC1=CCC=N1)C(=O)OCc1ccccc1. The molecule has 1 aromatic carbocycles. The quantitative estimate of drug-likeness (QED) is 0.803. The largest absolute Gasteiger partial charge is 0.459 e. The van der Waals surface area contributed by atoms with E-state index in [-0.39, 0.29) is 13.0 Å². The molecule has 6 heteroatoms. The van der Waals surface area contributed by atoms with Crippen LogP contribution >= 0.6 is 0 Å². The molecule has 1 atom stereocenters. The van der Waals surface area contributed by atoms with Crippen molar-refractivity contribution in [1.29, 1.82) is 0 Å². The number of allylic oxidation sites excluding steroid dienone is 1. The third-order valence-electron chi connectivity index (χ3n) is 3.33. The van der Waals surface area contributed by atoms with Crippen molar-refractivity contribution >= 4 is 18.3 Å². The van der Waals surface area contributed by atoms with Gasteiger partial charge in [0.2, 0.25) is 0 Å². The standard InChI is InChI=1S/C19H24N2O4/c1-19(2,3)25-18(23)21-16(12-15-10-7-11-20-15)17(22)24-13-14-8-5-4-6-9-14/h4-6,8-11,16H,7,12-13H2,1-3H3,(H,21,23)/t16-/m1/s1. The van der Waals surface area contributed by atoms with Gasteiger partial charge in [-0.2, -0.15) is 0 Å². The number of ether oxygens (including phenoxy) is 2. The zero-order chi connectivity index (χ0) is 18.3. The molecule has 1 aromatic rings. The van der Waals surface area contributed by atoms with Crippen LogP contribution in [0.5, 0.6) is 0 Å². The van der Waals surface area contributed by atoms with Crippen LogP contribution in [0.2, 0.25) is 0 Å². The highest BCUT2D eigenvalue weighted by atomic mass is 16.6. The maximum absolute atomic E-state index is 12.4. The fraction of sp³-hybridized carbons (Fsp3) is 0.421. The number of carbonyl (C=O) groups is 2. The average molecular weight is 344 g/mol. The summed E-state index contributed by atoms with van der Waals surface area (Å²) < 4.78 is 10.6. The number of nitrogens with one attached hydrogen (secondary N) is 1. The molecule has 0 bridgehead atoms. The molecule has 1 heterocycles. The molecule has 1 aliphatic rings. The van der Waals surface area contributed by atoms with Gasteiger partial charge in [0.1, 0.15) is 18.2 Å². The zero-order valence-corrected chi connectivity index (χ0v) is 14.8. The fourth-order valence-electron chi connectivity index (χ4n) is 2.23. The maximum atomic E-state index is 12.4. The summed E-state index contributed by atoms with van der Waals surface area (Å²) >= 11 is 0. The summed E-state index contributed by atoms with van der Waals surface area (Å²) in [4.78, 5) is 28.7. The van der Waals surface area contributed by atoms with E-state index < -0.39 is 23.7 Å². The van der Waals surface area contributed by atoms with Gasteiger partial charge in [0.25, 0.3) is 0 Å². The van der Waals surface area contributed by atoms with Crippen LogP contribution in [0.15, 0.2) is 47.1 Å². The lowest BCUT2D eigenvalue weighted by Crippen LogP contribution is -2.44. The molecule has 1 amide bonds. The molecule has 0 radical (unpaired) electrons. The first-order chi connectivity index (χ1) is 11.8. The Hall–Kier alpha value is -2.63. The van der Waals surface area contributed by atoms with Crippen LogP contribution in [0, 0.1) is 0 Å². The molecule has 1 aliphatic heterocycles. The van der Waals surface area contributed by atoms with Crippen LogP contribution in [-0.4, -0.2) is 29.9 Å². The first-order valence-corrected chi connectivity index (χ1v) is 8.25. The fourth-order valence-corrected chi connectivity index (χ4v) is 2.23. The van der Waals surface area contributed by atoms with Gasteiger partial charge in [-0.05, 0) is 26.3 Å². The number of aliphatic imine (C=N–C) groups is 1. The van der Waals surface area contributed by atoms with Crippen molar-refractivity contribution in [2.24, 2.45) is 4.99 Å². The molecule has 0 aromatic heterocycles. The second-order valence-corrected chi connectivity index (χ2v) is 6.74.